The van der Waals surface area contributed by atoms with E-state index in [0.29, 0.717) is 5.56 Å². The van der Waals surface area contributed by atoms with Gasteiger partial charge in [0.1, 0.15) is 0 Å². The molecule has 1 unspecified atom stereocenters. The number of amides is 1. The summed E-state index contributed by atoms with van der Waals surface area (Å²) in [6, 6.07) is 3.67. The molecule has 1 amide bonds. The molecule has 4 heteroatoms. The molecule has 0 saturated carbocycles. The van der Waals surface area contributed by atoms with Gasteiger partial charge in [-0.15, -0.1) is 0 Å². The van der Waals surface area contributed by atoms with Crippen LogP contribution in [0.4, 0.5) is 5.69 Å². The fourth-order valence-corrected chi connectivity index (χ4v) is 2.47. The van der Waals surface area contributed by atoms with Gasteiger partial charge in [0.05, 0.1) is 10.2 Å². The Kier molecular flexibility index (Phi) is 3.09. The third-order valence-electron chi connectivity index (χ3n) is 3.46. The molecule has 0 fully saturated rings. The van der Waals surface area contributed by atoms with Crippen molar-refractivity contribution in [3.05, 3.63) is 28.8 Å². The number of anilines is 1. The van der Waals surface area contributed by atoms with Crippen LogP contribution in [0, 0.1) is 6.92 Å². The summed E-state index contributed by atoms with van der Waals surface area (Å²) in [5.41, 5.74) is 2.77. The third-order valence-corrected chi connectivity index (χ3v) is 3.88. The zero-order chi connectivity index (χ0) is 13.7. The molecule has 3 nitrogen and oxygen atoms in total. The highest BCUT2D eigenvalue weighted by atomic mass is 79.9. The van der Waals surface area contributed by atoms with Crippen LogP contribution in [-0.2, 0) is 10.2 Å². The van der Waals surface area contributed by atoms with Gasteiger partial charge in [-0.25, -0.2) is 0 Å². The molecular weight excluding hydrogens is 294 g/mol. The third kappa shape index (κ3) is 1.88. The highest BCUT2D eigenvalue weighted by Gasteiger charge is 2.39. The van der Waals surface area contributed by atoms with E-state index in [9.17, 15) is 9.59 Å². The van der Waals surface area contributed by atoms with Crippen LogP contribution in [0.3, 0.4) is 0 Å². The minimum atomic E-state index is -0.577. The lowest BCUT2D eigenvalue weighted by Gasteiger charge is -2.16. The summed E-state index contributed by atoms with van der Waals surface area (Å²) >= 11 is 3.29. The highest BCUT2D eigenvalue weighted by Crippen LogP contribution is 2.40. The maximum atomic E-state index is 12.0. The van der Waals surface area contributed by atoms with Crippen LogP contribution < -0.4 is 5.32 Å². The first-order chi connectivity index (χ1) is 8.25. The van der Waals surface area contributed by atoms with Gasteiger partial charge in [-0.1, -0.05) is 15.9 Å². The Hall–Kier alpha value is -1.16. The van der Waals surface area contributed by atoms with Gasteiger partial charge in [-0.3, -0.25) is 9.59 Å². The standard InChI is InChI=1S/C14H16BrNO2/c1-7-5-9(12(17)8(2)15)6-10-11(7)16-13(18)14(10,3)4/h5-6,8H,1-4H3,(H,16,18). The van der Waals surface area contributed by atoms with Crippen LogP contribution in [0.25, 0.3) is 0 Å². The van der Waals surface area contributed by atoms with Crippen molar-refractivity contribution in [3.8, 4) is 0 Å². The minimum absolute atomic E-state index is 0.0166. The van der Waals surface area contributed by atoms with Crippen LogP contribution in [0.5, 0.6) is 0 Å². The number of benzene rings is 1. The molecule has 0 radical (unpaired) electrons. The van der Waals surface area contributed by atoms with Crippen LogP contribution in [0.2, 0.25) is 0 Å². The topological polar surface area (TPSA) is 46.2 Å². The normalized spacial score (nSPS) is 18.2. The van der Waals surface area contributed by atoms with E-state index in [1.165, 1.54) is 0 Å². The predicted octanol–water partition coefficient (Wildman–Crippen LogP) is 3.19. The number of hydrogen-bond acceptors (Lipinski definition) is 2. The molecule has 1 aliphatic rings. The molecule has 1 atom stereocenters. The molecule has 0 spiro atoms. The van der Waals surface area contributed by atoms with E-state index in [2.05, 4.69) is 21.2 Å². The first kappa shape index (κ1) is 13.3. The molecular formula is C14H16BrNO2. The summed E-state index contributed by atoms with van der Waals surface area (Å²) in [5.74, 6) is 0.0214. The fourth-order valence-electron chi connectivity index (χ4n) is 2.21. The van der Waals surface area contributed by atoms with Crippen molar-refractivity contribution in [1.82, 2.24) is 0 Å². The van der Waals surface area contributed by atoms with E-state index >= 15 is 0 Å². The largest absolute Gasteiger partial charge is 0.325 e. The van der Waals surface area contributed by atoms with Gasteiger partial charge in [0.2, 0.25) is 5.91 Å². The summed E-state index contributed by atoms with van der Waals surface area (Å²) in [7, 11) is 0. The number of carbonyl (C=O) groups excluding carboxylic acids is 2. The second-order valence-corrected chi connectivity index (χ2v) is 6.65. The monoisotopic (exact) mass is 309 g/mol. The van der Waals surface area contributed by atoms with E-state index in [1.807, 2.05) is 32.9 Å². The van der Waals surface area contributed by atoms with Crippen LogP contribution in [0.15, 0.2) is 12.1 Å². The smallest absolute Gasteiger partial charge is 0.234 e. The molecule has 1 aromatic rings. The van der Waals surface area contributed by atoms with Crippen molar-refractivity contribution in [2.45, 2.75) is 37.9 Å². The quantitative estimate of drug-likeness (QED) is 0.673. The molecule has 0 aromatic heterocycles. The first-order valence-corrected chi connectivity index (χ1v) is 6.81. The van der Waals surface area contributed by atoms with Crippen molar-refractivity contribution in [2.24, 2.45) is 0 Å². The summed E-state index contributed by atoms with van der Waals surface area (Å²) in [6.45, 7) is 7.47. The van der Waals surface area contributed by atoms with E-state index in [1.54, 1.807) is 6.92 Å². The van der Waals surface area contributed by atoms with Crippen LogP contribution in [0.1, 0.15) is 42.3 Å². The van der Waals surface area contributed by atoms with Gasteiger partial charge in [0, 0.05) is 11.3 Å². The molecule has 1 N–H and O–H groups in total. The van der Waals surface area contributed by atoms with Crippen LogP contribution >= 0.6 is 15.9 Å². The van der Waals surface area contributed by atoms with Crippen molar-refractivity contribution in [2.75, 3.05) is 5.32 Å². The van der Waals surface area contributed by atoms with Gasteiger partial charge < -0.3 is 5.32 Å². The van der Waals surface area contributed by atoms with Gasteiger partial charge in [0.15, 0.2) is 5.78 Å². The Morgan fingerprint density at radius 2 is 2.00 bits per heavy atom. The fraction of sp³-hybridized carbons (Fsp3) is 0.429. The lowest BCUT2D eigenvalue weighted by atomic mass is 9.84. The van der Waals surface area contributed by atoms with Crippen molar-refractivity contribution < 1.29 is 9.59 Å². The molecule has 18 heavy (non-hydrogen) atoms. The second-order valence-electron chi connectivity index (χ2n) is 5.28. The van der Waals surface area contributed by atoms with E-state index < -0.39 is 5.41 Å². The maximum Gasteiger partial charge on any atom is 0.234 e. The lowest BCUT2D eigenvalue weighted by Crippen LogP contribution is -2.27. The molecule has 1 aromatic carbocycles. The number of nitrogens with one attached hydrogen (secondary N) is 1. The number of carbonyl (C=O) groups is 2. The molecule has 0 aliphatic carbocycles. The van der Waals surface area contributed by atoms with Crippen LogP contribution in [-0.4, -0.2) is 16.5 Å². The van der Waals surface area contributed by atoms with Gasteiger partial charge >= 0.3 is 0 Å². The van der Waals surface area contributed by atoms with E-state index in [0.717, 1.165) is 16.8 Å². The summed E-state index contributed by atoms with van der Waals surface area (Å²) in [6.07, 6.45) is 0. The molecule has 0 saturated heterocycles. The predicted molar refractivity (Wildman–Crippen MR) is 75.6 cm³/mol. The number of halogens is 1. The number of rotatable bonds is 2. The van der Waals surface area contributed by atoms with Crippen molar-refractivity contribution in [1.29, 1.82) is 0 Å². The molecule has 1 heterocycles. The number of aryl methyl sites for hydroxylation is 1. The average Bonchev–Trinajstić information content (AvgIpc) is 2.51. The van der Waals surface area contributed by atoms with Gasteiger partial charge in [-0.2, -0.15) is 0 Å². The zero-order valence-electron chi connectivity index (χ0n) is 10.9. The molecule has 0 bridgehead atoms. The van der Waals surface area contributed by atoms with Crippen molar-refractivity contribution in [3.63, 3.8) is 0 Å². The van der Waals surface area contributed by atoms with Gasteiger partial charge in [-0.05, 0) is 51.0 Å². The number of fused-ring (bicyclic) bond motifs is 1. The molecule has 1 aliphatic heterocycles. The summed E-state index contributed by atoms with van der Waals surface area (Å²) in [4.78, 5) is 23.7. The Balaban J connectivity index is 2.60. The lowest BCUT2D eigenvalue weighted by molar-refractivity contribution is -0.119. The summed E-state index contributed by atoms with van der Waals surface area (Å²) in [5, 5.41) is 2.89. The van der Waals surface area contributed by atoms with Gasteiger partial charge in [0.25, 0.3) is 0 Å². The zero-order valence-corrected chi connectivity index (χ0v) is 12.5. The Morgan fingerprint density at radius 3 is 2.56 bits per heavy atom. The van der Waals surface area contributed by atoms with E-state index in [-0.39, 0.29) is 16.5 Å². The number of alkyl halides is 1. The molecule has 96 valence electrons. The number of hydrogen-bond donors (Lipinski definition) is 1. The minimum Gasteiger partial charge on any atom is -0.325 e. The molecule has 2 rings (SSSR count). The number of ketones is 1. The first-order valence-electron chi connectivity index (χ1n) is 5.90. The van der Waals surface area contributed by atoms with E-state index in [4.69, 9.17) is 0 Å². The maximum absolute atomic E-state index is 12.0. The summed E-state index contributed by atoms with van der Waals surface area (Å²) < 4.78 is 0. The van der Waals surface area contributed by atoms with Crippen molar-refractivity contribution >= 4 is 33.3 Å². The SMILES string of the molecule is Cc1cc(C(=O)C(C)Br)cc2c1NC(=O)C2(C)C. The Labute approximate surface area is 115 Å². The average molecular weight is 310 g/mol. The second kappa shape index (κ2) is 4.19. The Bertz CT molecular complexity index is 547. The Morgan fingerprint density at radius 1 is 1.39 bits per heavy atom. The number of Topliss-reactive ketones (excluding diaryl/α,β-unsaturated/α-hetero) is 1. The highest BCUT2D eigenvalue weighted by molar-refractivity contribution is 9.10.